The molecule has 3 nitrogen and oxygen atoms in total. The van der Waals surface area contributed by atoms with Crippen LogP contribution < -0.4 is 0 Å². The molecule has 0 bridgehead atoms. The van der Waals surface area contributed by atoms with Crippen LogP contribution in [0.1, 0.15) is 119 Å². The van der Waals surface area contributed by atoms with Crippen LogP contribution >= 0.6 is 0 Å². The highest BCUT2D eigenvalue weighted by molar-refractivity contribution is 5.68. The van der Waals surface area contributed by atoms with Crippen LogP contribution in [-0.4, -0.2) is 11.6 Å². The van der Waals surface area contributed by atoms with Gasteiger partial charge in [0.2, 0.25) is 0 Å². The summed E-state index contributed by atoms with van der Waals surface area (Å²) in [5.41, 5.74) is 0.183. The summed E-state index contributed by atoms with van der Waals surface area (Å²) in [4.78, 5) is 23.0. The maximum atomic E-state index is 12.0. The third kappa shape index (κ3) is 9.39. The molecule has 0 unspecified atom stereocenters. The SMILES string of the molecule is CC1CCC(OOC(=O)CCCCCCCCC(C)(C)C)(C(C)C)CC1. The van der Waals surface area contributed by atoms with Crippen molar-refractivity contribution in [3.8, 4) is 0 Å². The Labute approximate surface area is 162 Å². The first-order chi connectivity index (χ1) is 12.1. The summed E-state index contributed by atoms with van der Waals surface area (Å²) >= 11 is 0. The van der Waals surface area contributed by atoms with Gasteiger partial charge in [0.1, 0.15) is 5.60 Å². The molecule has 1 rings (SSSR count). The summed E-state index contributed by atoms with van der Waals surface area (Å²) in [6.45, 7) is 13.5. The van der Waals surface area contributed by atoms with Gasteiger partial charge in [-0.3, -0.25) is 4.89 Å². The first kappa shape index (κ1) is 23.5. The summed E-state index contributed by atoms with van der Waals surface area (Å²) in [5, 5.41) is 0. The minimum Gasteiger partial charge on any atom is -0.298 e. The number of unbranched alkanes of at least 4 members (excludes halogenated alkanes) is 5. The second-order valence-electron chi connectivity index (χ2n) is 10.1. The van der Waals surface area contributed by atoms with Gasteiger partial charge in [0, 0.05) is 6.42 Å². The Hall–Kier alpha value is -0.570. The van der Waals surface area contributed by atoms with Gasteiger partial charge in [-0.1, -0.05) is 73.6 Å². The van der Waals surface area contributed by atoms with E-state index in [4.69, 9.17) is 9.78 Å². The summed E-state index contributed by atoms with van der Waals surface area (Å²) in [5.74, 6) is 0.928. The van der Waals surface area contributed by atoms with Gasteiger partial charge in [-0.15, -0.1) is 0 Å². The molecular formula is C23H44O3. The Morgan fingerprint density at radius 2 is 1.54 bits per heavy atom. The average molecular weight is 369 g/mol. The molecule has 154 valence electrons. The third-order valence-corrected chi connectivity index (χ3v) is 6.03. The molecule has 3 heteroatoms. The van der Waals surface area contributed by atoms with Crippen LogP contribution in [0.2, 0.25) is 0 Å². The Morgan fingerprint density at radius 1 is 1.00 bits per heavy atom. The number of carbonyl (C=O) groups is 1. The summed E-state index contributed by atoms with van der Waals surface area (Å²) in [7, 11) is 0. The lowest BCUT2D eigenvalue weighted by molar-refractivity contribution is -0.351. The van der Waals surface area contributed by atoms with Crippen LogP contribution in [-0.2, 0) is 14.6 Å². The third-order valence-electron chi connectivity index (χ3n) is 6.03. The van der Waals surface area contributed by atoms with Gasteiger partial charge in [-0.05, 0) is 55.8 Å². The van der Waals surface area contributed by atoms with Gasteiger partial charge in [0.15, 0.2) is 0 Å². The van der Waals surface area contributed by atoms with Gasteiger partial charge < -0.3 is 0 Å². The Bertz CT molecular complexity index is 387. The fourth-order valence-electron chi connectivity index (χ4n) is 3.81. The van der Waals surface area contributed by atoms with Gasteiger partial charge in [0.25, 0.3) is 0 Å². The van der Waals surface area contributed by atoms with E-state index in [-0.39, 0.29) is 11.6 Å². The minimum atomic E-state index is -0.269. The topological polar surface area (TPSA) is 35.5 Å². The van der Waals surface area contributed by atoms with E-state index in [1.807, 2.05) is 0 Å². The largest absolute Gasteiger partial charge is 0.342 e. The molecule has 0 saturated heterocycles. The fourth-order valence-corrected chi connectivity index (χ4v) is 3.81. The normalized spacial score (nSPS) is 24.0. The first-order valence-corrected chi connectivity index (χ1v) is 11.0. The standard InChI is InChI=1S/C23H44O3/c1-19(2)23(17-14-20(3)15-18-23)26-25-21(24)13-11-9-7-8-10-12-16-22(4,5)6/h19-20H,7-18H2,1-6H3. The Kier molecular flexibility index (Phi) is 10.2. The van der Waals surface area contributed by atoms with Crippen molar-refractivity contribution in [3.63, 3.8) is 0 Å². The molecule has 0 aromatic carbocycles. The van der Waals surface area contributed by atoms with Crippen LogP contribution in [0, 0.1) is 17.3 Å². The van der Waals surface area contributed by atoms with Gasteiger partial charge in [0.05, 0.1) is 0 Å². The lowest BCUT2D eigenvalue weighted by Crippen LogP contribution is -2.42. The van der Waals surface area contributed by atoms with E-state index in [1.54, 1.807) is 0 Å². The van der Waals surface area contributed by atoms with E-state index in [1.165, 1.54) is 32.1 Å². The van der Waals surface area contributed by atoms with Gasteiger partial charge in [-0.2, -0.15) is 4.89 Å². The smallest absolute Gasteiger partial charge is 0.298 e. The molecular weight excluding hydrogens is 324 g/mol. The first-order valence-electron chi connectivity index (χ1n) is 11.0. The maximum Gasteiger partial charge on any atom is 0.342 e. The summed E-state index contributed by atoms with van der Waals surface area (Å²) < 4.78 is 0. The molecule has 26 heavy (non-hydrogen) atoms. The van der Waals surface area contributed by atoms with Gasteiger partial charge >= 0.3 is 5.97 Å². The highest BCUT2D eigenvalue weighted by Crippen LogP contribution is 2.40. The molecule has 0 spiro atoms. The average Bonchev–Trinajstić information content (AvgIpc) is 2.56. The molecule has 1 saturated carbocycles. The second kappa shape index (κ2) is 11.3. The molecule has 0 radical (unpaired) electrons. The van der Waals surface area contributed by atoms with Crippen molar-refractivity contribution in [1.82, 2.24) is 0 Å². The quantitative estimate of drug-likeness (QED) is 0.219. The fraction of sp³-hybridized carbons (Fsp3) is 0.957. The van der Waals surface area contributed by atoms with Crippen LogP contribution in [0.15, 0.2) is 0 Å². The van der Waals surface area contributed by atoms with Crippen molar-refractivity contribution >= 4 is 5.97 Å². The van der Waals surface area contributed by atoms with E-state index in [9.17, 15) is 4.79 Å². The van der Waals surface area contributed by atoms with Crippen molar-refractivity contribution in [3.05, 3.63) is 0 Å². The number of hydrogen-bond donors (Lipinski definition) is 0. The molecule has 0 aromatic rings. The van der Waals surface area contributed by atoms with E-state index in [2.05, 4.69) is 41.5 Å². The predicted molar refractivity (Wildman–Crippen MR) is 109 cm³/mol. The lowest BCUT2D eigenvalue weighted by Gasteiger charge is -2.40. The molecule has 1 fully saturated rings. The van der Waals surface area contributed by atoms with Crippen molar-refractivity contribution in [2.24, 2.45) is 17.3 Å². The maximum absolute atomic E-state index is 12.0. The lowest BCUT2D eigenvalue weighted by atomic mass is 9.74. The molecule has 1 aliphatic rings. The monoisotopic (exact) mass is 368 g/mol. The second-order valence-corrected chi connectivity index (χ2v) is 10.1. The van der Waals surface area contributed by atoms with Crippen LogP contribution in [0.5, 0.6) is 0 Å². The molecule has 0 N–H and O–H groups in total. The van der Waals surface area contributed by atoms with E-state index >= 15 is 0 Å². The molecule has 0 aliphatic heterocycles. The van der Waals surface area contributed by atoms with Crippen molar-refractivity contribution < 1.29 is 14.6 Å². The minimum absolute atomic E-state index is 0.198. The zero-order valence-corrected chi connectivity index (χ0v) is 18.4. The highest BCUT2D eigenvalue weighted by Gasteiger charge is 2.40. The van der Waals surface area contributed by atoms with Crippen LogP contribution in [0.4, 0.5) is 0 Å². The molecule has 0 aromatic heterocycles. The van der Waals surface area contributed by atoms with Crippen LogP contribution in [0.3, 0.4) is 0 Å². The van der Waals surface area contributed by atoms with E-state index < -0.39 is 0 Å². The Balaban J connectivity index is 2.11. The summed E-state index contributed by atoms with van der Waals surface area (Å²) in [6, 6.07) is 0. The predicted octanol–water partition coefficient (Wildman–Crippen LogP) is 7.23. The summed E-state index contributed by atoms with van der Waals surface area (Å²) in [6.07, 6.45) is 13.2. The molecule has 0 atom stereocenters. The van der Waals surface area contributed by atoms with E-state index in [0.717, 1.165) is 44.4 Å². The van der Waals surface area contributed by atoms with Crippen molar-refractivity contribution in [1.29, 1.82) is 0 Å². The number of rotatable bonds is 11. The van der Waals surface area contributed by atoms with Crippen molar-refractivity contribution in [2.45, 2.75) is 124 Å². The van der Waals surface area contributed by atoms with E-state index in [0.29, 0.717) is 17.8 Å². The zero-order chi connectivity index (χ0) is 19.6. The Morgan fingerprint density at radius 3 is 2.08 bits per heavy atom. The number of carbonyl (C=O) groups excluding carboxylic acids is 1. The van der Waals surface area contributed by atoms with Gasteiger partial charge in [-0.25, -0.2) is 4.79 Å². The van der Waals surface area contributed by atoms with Crippen LogP contribution in [0.25, 0.3) is 0 Å². The molecule has 1 aliphatic carbocycles. The molecule has 0 heterocycles. The highest BCUT2D eigenvalue weighted by atomic mass is 17.2. The van der Waals surface area contributed by atoms with Crippen molar-refractivity contribution in [2.75, 3.05) is 0 Å². The zero-order valence-electron chi connectivity index (χ0n) is 18.4. The number of hydrogen-bond acceptors (Lipinski definition) is 3. The molecule has 0 amide bonds.